The minimum atomic E-state index is -4.49. The van der Waals surface area contributed by atoms with Gasteiger partial charge in [-0.15, -0.1) is 0 Å². The van der Waals surface area contributed by atoms with Crippen molar-refractivity contribution in [2.75, 3.05) is 24.9 Å². The maximum atomic E-state index is 13.2. The Balaban J connectivity index is 1.87. The Labute approximate surface area is 159 Å². The molecule has 9 heteroatoms. The highest BCUT2D eigenvalue weighted by Crippen LogP contribution is 2.36. The molecule has 0 unspecified atom stereocenters. The SMILES string of the molecule is COc1ccc(OC)c(Nc2ccnc(Nc3ccccc3C(F)(F)F)n2)c1. The molecule has 0 spiro atoms. The number of nitrogens with one attached hydrogen (secondary N) is 2. The highest BCUT2D eigenvalue weighted by molar-refractivity contribution is 5.67. The number of aromatic nitrogens is 2. The summed E-state index contributed by atoms with van der Waals surface area (Å²) in [7, 11) is 3.06. The van der Waals surface area contributed by atoms with E-state index in [1.54, 1.807) is 24.3 Å². The fraction of sp³-hybridized carbons (Fsp3) is 0.158. The van der Waals surface area contributed by atoms with E-state index in [1.807, 2.05) is 0 Å². The van der Waals surface area contributed by atoms with Crippen LogP contribution in [0.3, 0.4) is 0 Å². The van der Waals surface area contributed by atoms with Crippen molar-refractivity contribution >= 4 is 23.1 Å². The van der Waals surface area contributed by atoms with Crippen LogP contribution in [0.5, 0.6) is 11.5 Å². The fourth-order valence-corrected chi connectivity index (χ4v) is 2.50. The van der Waals surface area contributed by atoms with Gasteiger partial charge in [0.25, 0.3) is 0 Å². The zero-order chi connectivity index (χ0) is 20.1. The van der Waals surface area contributed by atoms with E-state index >= 15 is 0 Å². The number of para-hydroxylation sites is 1. The van der Waals surface area contributed by atoms with Crippen molar-refractivity contribution < 1.29 is 22.6 Å². The van der Waals surface area contributed by atoms with Crippen molar-refractivity contribution in [3.63, 3.8) is 0 Å². The first-order valence-corrected chi connectivity index (χ1v) is 8.16. The third-order valence-corrected chi connectivity index (χ3v) is 3.80. The molecule has 0 fully saturated rings. The highest BCUT2D eigenvalue weighted by atomic mass is 19.4. The summed E-state index contributed by atoms with van der Waals surface area (Å²) in [6.45, 7) is 0. The van der Waals surface area contributed by atoms with Gasteiger partial charge in [-0.3, -0.25) is 0 Å². The Hall–Kier alpha value is -3.49. The smallest absolute Gasteiger partial charge is 0.418 e. The van der Waals surface area contributed by atoms with Crippen LogP contribution in [-0.2, 0) is 6.18 Å². The molecular formula is C19H17F3N4O2. The molecule has 0 aliphatic carbocycles. The van der Waals surface area contributed by atoms with Gasteiger partial charge in [0.05, 0.1) is 31.2 Å². The minimum absolute atomic E-state index is 0.0172. The molecule has 0 amide bonds. The topological polar surface area (TPSA) is 68.3 Å². The first-order valence-electron chi connectivity index (χ1n) is 8.16. The molecule has 0 aliphatic heterocycles. The number of anilines is 4. The normalized spacial score (nSPS) is 11.0. The molecule has 146 valence electrons. The number of methoxy groups -OCH3 is 2. The lowest BCUT2D eigenvalue weighted by Gasteiger charge is -2.15. The lowest BCUT2D eigenvalue weighted by Crippen LogP contribution is -2.09. The maximum Gasteiger partial charge on any atom is 0.418 e. The molecule has 3 rings (SSSR count). The lowest BCUT2D eigenvalue weighted by molar-refractivity contribution is -0.136. The van der Waals surface area contributed by atoms with E-state index in [0.717, 1.165) is 6.07 Å². The van der Waals surface area contributed by atoms with Gasteiger partial charge < -0.3 is 20.1 Å². The van der Waals surface area contributed by atoms with E-state index in [0.29, 0.717) is 23.0 Å². The molecule has 1 aromatic heterocycles. The Morgan fingerprint density at radius 2 is 1.68 bits per heavy atom. The van der Waals surface area contributed by atoms with Crippen molar-refractivity contribution in [2.24, 2.45) is 0 Å². The second kappa shape index (κ2) is 8.03. The van der Waals surface area contributed by atoms with Gasteiger partial charge in [-0.2, -0.15) is 18.2 Å². The van der Waals surface area contributed by atoms with Crippen LogP contribution in [0.15, 0.2) is 54.7 Å². The van der Waals surface area contributed by atoms with Crippen LogP contribution in [0.1, 0.15) is 5.56 Å². The van der Waals surface area contributed by atoms with Crippen LogP contribution >= 0.6 is 0 Å². The Kier molecular flexibility index (Phi) is 5.53. The van der Waals surface area contributed by atoms with Crippen LogP contribution < -0.4 is 20.1 Å². The van der Waals surface area contributed by atoms with Gasteiger partial charge in [0.2, 0.25) is 5.95 Å². The summed E-state index contributed by atoms with van der Waals surface area (Å²) < 4.78 is 49.9. The molecule has 3 aromatic rings. The number of rotatable bonds is 6. The number of hydrogen-bond donors (Lipinski definition) is 2. The van der Waals surface area contributed by atoms with Gasteiger partial charge in [-0.25, -0.2) is 4.98 Å². The van der Waals surface area contributed by atoms with Crippen molar-refractivity contribution in [3.05, 3.63) is 60.3 Å². The van der Waals surface area contributed by atoms with Crippen molar-refractivity contribution in [1.29, 1.82) is 0 Å². The summed E-state index contributed by atoms with van der Waals surface area (Å²) in [5, 5.41) is 5.67. The number of alkyl halides is 3. The van der Waals surface area contributed by atoms with Crippen LogP contribution in [0, 0.1) is 0 Å². The maximum absolute atomic E-state index is 13.2. The van der Waals surface area contributed by atoms with Gasteiger partial charge in [0.15, 0.2) is 0 Å². The summed E-state index contributed by atoms with van der Waals surface area (Å²) in [6.07, 6.45) is -3.06. The number of nitrogens with zero attached hydrogens (tertiary/aromatic N) is 2. The van der Waals surface area contributed by atoms with Crippen LogP contribution in [0.4, 0.5) is 36.3 Å². The number of halogens is 3. The number of ether oxygens (including phenoxy) is 2. The predicted octanol–water partition coefficient (Wildman–Crippen LogP) is 5.00. The molecule has 1 heterocycles. The van der Waals surface area contributed by atoms with Gasteiger partial charge >= 0.3 is 6.18 Å². The summed E-state index contributed by atoms with van der Waals surface area (Å²) >= 11 is 0. The Morgan fingerprint density at radius 3 is 2.39 bits per heavy atom. The summed E-state index contributed by atoms with van der Waals surface area (Å²) in [4.78, 5) is 8.21. The summed E-state index contributed by atoms with van der Waals surface area (Å²) in [5.41, 5.74) is -0.347. The quantitative estimate of drug-likeness (QED) is 0.617. The Morgan fingerprint density at radius 1 is 0.893 bits per heavy atom. The third-order valence-electron chi connectivity index (χ3n) is 3.80. The first kappa shape index (κ1) is 19.3. The van der Waals surface area contributed by atoms with Crippen molar-refractivity contribution in [1.82, 2.24) is 9.97 Å². The molecule has 0 atom stereocenters. The Bertz CT molecular complexity index is 964. The lowest BCUT2D eigenvalue weighted by atomic mass is 10.1. The average molecular weight is 390 g/mol. The predicted molar refractivity (Wildman–Crippen MR) is 99.6 cm³/mol. The van der Waals surface area contributed by atoms with Crippen LogP contribution in [0.2, 0.25) is 0 Å². The monoisotopic (exact) mass is 390 g/mol. The van der Waals surface area contributed by atoms with Crippen molar-refractivity contribution in [3.8, 4) is 11.5 Å². The molecule has 6 nitrogen and oxygen atoms in total. The van der Waals surface area contributed by atoms with Gasteiger partial charge in [0, 0.05) is 12.3 Å². The number of benzene rings is 2. The largest absolute Gasteiger partial charge is 0.497 e. The second-order valence-electron chi connectivity index (χ2n) is 5.63. The molecule has 0 saturated heterocycles. The summed E-state index contributed by atoms with van der Waals surface area (Å²) in [5.74, 6) is 1.54. The van der Waals surface area contributed by atoms with Crippen LogP contribution in [0.25, 0.3) is 0 Å². The van der Waals surface area contributed by atoms with E-state index in [2.05, 4.69) is 20.6 Å². The molecule has 0 aliphatic rings. The minimum Gasteiger partial charge on any atom is -0.497 e. The van der Waals surface area contributed by atoms with Gasteiger partial charge in [-0.1, -0.05) is 12.1 Å². The second-order valence-corrected chi connectivity index (χ2v) is 5.63. The fourth-order valence-electron chi connectivity index (χ4n) is 2.50. The van der Waals surface area contributed by atoms with E-state index in [1.165, 1.54) is 38.6 Å². The number of hydrogen-bond acceptors (Lipinski definition) is 6. The zero-order valence-corrected chi connectivity index (χ0v) is 15.0. The highest BCUT2D eigenvalue weighted by Gasteiger charge is 2.33. The molecule has 2 N–H and O–H groups in total. The molecule has 2 aromatic carbocycles. The van der Waals surface area contributed by atoms with Gasteiger partial charge in [-0.05, 0) is 30.3 Å². The van der Waals surface area contributed by atoms with E-state index < -0.39 is 11.7 Å². The first-order chi connectivity index (χ1) is 13.4. The van der Waals surface area contributed by atoms with Crippen LogP contribution in [-0.4, -0.2) is 24.2 Å². The van der Waals surface area contributed by atoms with E-state index in [-0.39, 0.29) is 11.6 Å². The molecular weight excluding hydrogens is 373 g/mol. The third kappa shape index (κ3) is 4.43. The average Bonchev–Trinajstić information content (AvgIpc) is 2.68. The molecule has 0 saturated carbocycles. The van der Waals surface area contributed by atoms with E-state index in [9.17, 15) is 13.2 Å². The molecule has 0 bridgehead atoms. The molecule has 0 radical (unpaired) electrons. The van der Waals surface area contributed by atoms with Crippen molar-refractivity contribution in [2.45, 2.75) is 6.18 Å². The zero-order valence-electron chi connectivity index (χ0n) is 15.0. The standard InChI is InChI=1S/C19H17F3N4O2/c1-27-12-7-8-16(28-2)15(11-12)24-17-9-10-23-18(26-17)25-14-6-4-3-5-13(14)19(20,21)22/h3-11H,1-2H3,(H2,23,24,25,26). The molecule has 28 heavy (non-hydrogen) atoms. The summed E-state index contributed by atoms with van der Waals surface area (Å²) in [6, 6.07) is 11.9. The van der Waals surface area contributed by atoms with Gasteiger partial charge in [0.1, 0.15) is 17.3 Å². The van der Waals surface area contributed by atoms with E-state index in [4.69, 9.17) is 9.47 Å².